The fourth-order valence-corrected chi connectivity index (χ4v) is 2.70. The highest BCUT2D eigenvalue weighted by Gasteiger charge is 2.13. The highest BCUT2D eigenvalue weighted by molar-refractivity contribution is 7.16. The Bertz CT molecular complexity index is 328. The Balaban J connectivity index is 3.31. The van der Waals surface area contributed by atoms with Crippen molar-refractivity contribution in [3.05, 3.63) is 27.4 Å². The van der Waals surface area contributed by atoms with Crippen LogP contribution in [-0.2, 0) is 0 Å². The van der Waals surface area contributed by atoms with E-state index >= 15 is 0 Å². The van der Waals surface area contributed by atoms with E-state index in [1.165, 1.54) is 16.0 Å². The highest BCUT2D eigenvalue weighted by Crippen LogP contribution is 2.38. The molecule has 1 aromatic heterocycles. The Hall–Kier alpha value is -0.810. The van der Waals surface area contributed by atoms with Gasteiger partial charge in [0.25, 0.3) is 0 Å². The summed E-state index contributed by atoms with van der Waals surface area (Å²) in [6, 6.07) is 0. The molecule has 0 aliphatic heterocycles. The maximum absolute atomic E-state index is 6.97. The minimum atomic E-state index is 0.539. The first kappa shape index (κ1) is 9.28. The average Bonchev–Trinajstić information content (AvgIpc) is 2.25. The van der Waals surface area contributed by atoms with E-state index in [1.54, 1.807) is 11.3 Å². The van der Waals surface area contributed by atoms with E-state index in [0.29, 0.717) is 5.92 Å². The van der Waals surface area contributed by atoms with Gasteiger partial charge in [0.05, 0.1) is 6.57 Å². The zero-order chi connectivity index (χ0) is 9.30. The minimum Gasteiger partial charge on any atom is -0.226 e. The van der Waals surface area contributed by atoms with Gasteiger partial charge in [0.1, 0.15) is 0 Å². The summed E-state index contributed by atoms with van der Waals surface area (Å²) in [6.45, 7) is 15.5. The van der Waals surface area contributed by atoms with Gasteiger partial charge in [-0.05, 0) is 35.8 Å². The van der Waals surface area contributed by atoms with Gasteiger partial charge in [-0.3, -0.25) is 0 Å². The van der Waals surface area contributed by atoms with Crippen LogP contribution in [0.25, 0.3) is 4.85 Å². The number of hydrogen-bond acceptors (Lipinski definition) is 1. The quantitative estimate of drug-likeness (QED) is 0.573. The molecule has 0 radical (unpaired) electrons. The first-order valence-electron chi connectivity index (χ1n) is 4.05. The molecule has 2 heteroatoms. The van der Waals surface area contributed by atoms with E-state index in [0.717, 1.165) is 5.00 Å². The molecule has 0 fully saturated rings. The van der Waals surface area contributed by atoms with Gasteiger partial charge in [-0.1, -0.05) is 13.8 Å². The van der Waals surface area contributed by atoms with Crippen molar-refractivity contribution in [2.24, 2.45) is 0 Å². The maximum Gasteiger partial charge on any atom is 0.244 e. The first-order valence-corrected chi connectivity index (χ1v) is 4.87. The van der Waals surface area contributed by atoms with Crippen molar-refractivity contribution in [1.82, 2.24) is 0 Å². The smallest absolute Gasteiger partial charge is 0.226 e. The lowest BCUT2D eigenvalue weighted by atomic mass is 10.0. The van der Waals surface area contributed by atoms with Crippen molar-refractivity contribution >= 4 is 16.3 Å². The standard InChI is InChI=1S/C10H13NS/c1-6(2)9-7(3)10(11-5)12-8(9)4/h6H,1-4H3. The number of hydrogen-bond donors (Lipinski definition) is 0. The molecule has 0 N–H and O–H groups in total. The fourth-order valence-electron chi connectivity index (χ4n) is 1.60. The molecule has 0 atom stereocenters. The van der Waals surface area contributed by atoms with Crippen LogP contribution in [0.1, 0.15) is 35.8 Å². The lowest BCUT2D eigenvalue weighted by Crippen LogP contribution is -1.88. The van der Waals surface area contributed by atoms with Crippen molar-refractivity contribution in [2.45, 2.75) is 33.6 Å². The molecule has 1 rings (SSSR count). The summed E-state index contributed by atoms with van der Waals surface area (Å²) < 4.78 is 0. The second-order valence-electron chi connectivity index (χ2n) is 3.27. The van der Waals surface area contributed by atoms with E-state index < -0.39 is 0 Å². The molecule has 0 aromatic carbocycles. The molecule has 0 aliphatic carbocycles. The third kappa shape index (κ3) is 1.37. The predicted molar refractivity (Wildman–Crippen MR) is 54.1 cm³/mol. The second-order valence-corrected chi connectivity index (χ2v) is 4.47. The average molecular weight is 179 g/mol. The van der Waals surface area contributed by atoms with E-state index in [1.807, 2.05) is 6.92 Å². The summed E-state index contributed by atoms with van der Waals surface area (Å²) >= 11 is 1.62. The third-order valence-electron chi connectivity index (χ3n) is 2.03. The summed E-state index contributed by atoms with van der Waals surface area (Å²) in [6.07, 6.45) is 0. The SMILES string of the molecule is [C-]#[N+]c1sc(C)c(C(C)C)c1C. The topological polar surface area (TPSA) is 4.36 Å². The van der Waals surface area contributed by atoms with E-state index in [2.05, 4.69) is 25.6 Å². The largest absolute Gasteiger partial charge is 0.244 e. The fraction of sp³-hybridized carbons (Fsp3) is 0.500. The zero-order valence-corrected chi connectivity index (χ0v) is 8.75. The van der Waals surface area contributed by atoms with Gasteiger partial charge in [0.2, 0.25) is 5.00 Å². The molecule has 1 nitrogen and oxygen atoms in total. The Kier molecular flexibility index (Phi) is 2.54. The highest BCUT2D eigenvalue weighted by atomic mass is 32.1. The molecule has 0 aliphatic rings. The molecule has 64 valence electrons. The molecule has 0 saturated carbocycles. The summed E-state index contributed by atoms with van der Waals surface area (Å²) in [5.41, 5.74) is 2.55. The molecule has 1 heterocycles. The van der Waals surface area contributed by atoms with Crippen LogP contribution >= 0.6 is 11.3 Å². The first-order chi connectivity index (χ1) is 5.57. The monoisotopic (exact) mass is 179 g/mol. The lowest BCUT2D eigenvalue weighted by molar-refractivity contribution is 0.856. The molecule has 0 bridgehead atoms. The van der Waals surface area contributed by atoms with Gasteiger partial charge >= 0.3 is 0 Å². The van der Waals surface area contributed by atoms with Crippen LogP contribution in [0, 0.1) is 20.4 Å². The van der Waals surface area contributed by atoms with Crippen LogP contribution < -0.4 is 0 Å². The number of nitrogens with zero attached hydrogens (tertiary/aromatic N) is 1. The van der Waals surface area contributed by atoms with Crippen LogP contribution in [0.2, 0.25) is 0 Å². The van der Waals surface area contributed by atoms with Crippen molar-refractivity contribution in [3.8, 4) is 0 Å². The minimum absolute atomic E-state index is 0.539. The van der Waals surface area contributed by atoms with E-state index in [4.69, 9.17) is 6.57 Å². The van der Waals surface area contributed by atoms with Gasteiger partial charge in [-0.2, -0.15) is 11.3 Å². The van der Waals surface area contributed by atoms with Crippen molar-refractivity contribution in [2.75, 3.05) is 0 Å². The molecule has 0 unspecified atom stereocenters. The molecule has 12 heavy (non-hydrogen) atoms. The van der Waals surface area contributed by atoms with Gasteiger partial charge in [0.15, 0.2) is 0 Å². The Morgan fingerprint density at radius 1 is 1.33 bits per heavy atom. The third-order valence-corrected chi connectivity index (χ3v) is 3.15. The molecule has 0 saturated heterocycles. The molecule has 0 amide bonds. The molecular formula is C10H13NS. The van der Waals surface area contributed by atoms with Crippen LogP contribution in [-0.4, -0.2) is 0 Å². The Labute approximate surface area is 77.9 Å². The summed E-state index contributed by atoms with van der Waals surface area (Å²) in [5, 5.41) is 0.858. The maximum atomic E-state index is 6.97. The van der Waals surface area contributed by atoms with Crippen LogP contribution in [0.15, 0.2) is 0 Å². The summed E-state index contributed by atoms with van der Waals surface area (Å²) in [4.78, 5) is 4.80. The molecular weight excluding hydrogens is 166 g/mol. The van der Waals surface area contributed by atoms with Crippen molar-refractivity contribution < 1.29 is 0 Å². The predicted octanol–water partition coefficient (Wildman–Crippen LogP) is 4.04. The number of rotatable bonds is 1. The summed E-state index contributed by atoms with van der Waals surface area (Å²) in [5.74, 6) is 0.539. The van der Waals surface area contributed by atoms with Crippen molar-refractivity contribution in [3.63, 3.8) is 0 Å². The Morgan fingerprint density at radius 3 is 2.17 bits per heavy atom. The lowest BCUT2D eigenvalue weighted by Gasteiger charge is -2.05. The van der Waals surface area contributed by atoms with Crippen molar-refractivity contribution in [1.29, 1.82) is 0 Å². The normalized spacial score (nSPS) is 10.3. The number of aryl methyl sites for hydroxylation is 1. The molecule has 0 spiro atoms. The second kappa shape index (κ2) is 3.28. The van der Waals surface area contributed by atoms with Gasteiger partial charge in [-0.15, -0.1) is 0 Å². The van der Waals surface area contributed by atoms with Crippen LogP contribution in [0.3, 0.4) is 0 Å². The molecule has 1 aromatic rings. The van der Waals surface area contributed by atoms with Crippen LogP contribution in [0.4, 0.5) is 5.00 Å². The Morgan fingerprint density at radius 2 is 1.92 bits per heavy atom. The summed E-state index contributed by atoms with van der Waals surface area (Å²) in [7, 11) is 0. The van der Waals surface area contributed by atoms with Crippen LogP contribution in [0.5, 0.6) is 0 Å². The zero-order valence-electron chi connectivity index (χ0n) is 7.93. The van der Waals surface area contributed by atoms with Gasteiger partial charge < -0.3 is 0 Å². The van der Waals surface area contributed by atoms with E-state index in [9.17, 15) is 0 Å². The van der Waals surface area contributed by atoms with Gasteiger partial charge in [-0.25, -0.2) is 4.85 Å². The van der Waals surface area contributed by atoms with Gasteiger partial charge in [0, 0.05) is 0 Å². The number of thiophene rings is 1. The van der Waals surface area contributed by atoms with E-state index in [-0.39, 0.29) is 0 Å².